The highest BCUT2D eigenvalue weighted by atomic mass is 35.5. The van der Waals surface area contributed by atoms with Gasteiger partial charge in [0.15, 0.2) is 0 Å². The molecule has 19 heavy (non-hydrogen) atoms. The Hall–Kier alpha value is -0.420. The lowest BCUT2D eigenvalue weighted by molar-refractivity contribution is -0.124. The summed E-state index contributed by atoms with van der Waals surface area (Å²) in [6.07, 6.45) is 3.67. The predicted octanol–water partition coefficient (Wildman–Crippen LogP) is 2.49. The van der Waals surface area contributed by atoms with E-state index in [-0.39, 0.29) is 37.3 Å². The summed E-state index contributed by atoms with van der Waals surface area (Å²) in [5, 5.41) is 5.49. The Morgan fingerprint density at radius 1 is 1.26 bits per heavy atom. The van der Waals surface area contributed by atoms with Crippen LogP contribution in [-0.4, -0.2) is 30.5 Å². The Morgan fingerprint density at radius 2 is 1.84 bits per heavy atom. The van der Waals surface area contributed by atoms with Crippen molar-refractivity contribution >= 4 is 18.3 Å². The Bertz CT molecular complexity index is 327. The van der Waals surface area contributed by atoms with Crippen molar-refractivity contribution < 1.29 is 13.6 Å². The number of carbonyl (C=O) groups excluding carboxylic acids is 1. The lowest BCUT2D eigenvalue weighted by atomic mass is 9.75. The van der Waals surface area contributed by atoms with Gasteiger partial charge in [-0.15, -0.1) is 12.4 Å². The second kappa shape index (κ2) is 5.92. The smallest absolute Gasteiger partial charge is 0.262 e. The van der Waals surface area contributed by atoms with E-state index in [1.54, 1.807) is 0 Å². The number of hydrogen-bond acceptors (Lipinski definition) is 2. The van der Waals surface area contributed by atoms with Crippen LogP contribution in [0.2, 0.25) is 0 Å². The van der Waals surface area contributed by atoms with E-state index in [4.69, 9.17) is 0 Å². The minimum Gasteiger partial charge on any atom is -0.352 e. The predicted molar refractivity (Wildman–Crippen MR) is 72.8 cm³/mol. The lowest BCUT2D eigenvalue weighted by Gasteiger charge is -2.35. The maximum atomic E-state index is 13.0. The zero-order valence-electron chi connectivity index (χ0n) is 11.5. The minimum absolute atomic E-state index is 0. The monoisotopic (exact) mass is 296 g/mol. The fraction of sp³-hybridized carbons (Fsp3) is 0.923. The van der Waals surface area contributed by atoms with Crippen LogP contribution in [0.1, 0.15) is 46.0 Å². The lowest BCUT2D eigenvalue weighted by Crippen LogP contribution is -2.46. The molecule has 1 unspecified atom stereocenters. The Morgan fingerprint density at radius 3 is 2.32 bits per heavy atom. The van der Waals surface area contributed by atoms with Crippen LogP contribution in [0.5, 0.6) is 0 Å². The van der Waals surface area contributed by atoms with Gasteiger partial charge in [0.2, 0.25) is 5.91 Å². The largest absolute Gasteiger partial charge is 0.352 e. The summed E-state index contributed by atoms with van der Waals surface area (Å²) >= 11 is 0. The van der Waals surface area contributed by atoms with E-state index in [0.717, 1.165) is 25.7 Å². The molecule has 1 heterocycles. The molecule has 1 saturated carbocycles. The molecule has 0 radical (unpaired) electrons. The molecule has 6 heteroatoms. The number of amides is 1. The summed E-state index contributed by atoms with van der Waals surface area (Å²) < 4.78 is 26.0. The highest BCUT2D eigenvalue weighted by Crippen LogP contribution is 2.35. The zero-order chi connectivity index (χ0) is 13.4. The Balaban J connectivity index is 0.00000180. The van der Waals surface area contributed by atoms with Gasteiger partial charge in [-0.05, 0) is 31.1 Å². The molecule has 2 rings (SSSR count). The first-order chi connectivity index (χ1) is 8.27. The summed E-state index contributed by atoms with van der Waals surface area (Å²) in [5.41, 5.74) is 0.347. The fourth-order valence-electron chi connectivity index (χ4n) is 2.75. The van der Waals surface area contributed by atoms with Gasteiger partial charge in [0, 0.05) is 12.5 Å². The molecule has 2 aliphatic rings. The molecular weight excluding hydrogens is 274 g/mol. The molecule has 1 saturated heterocycles. The molecule has 2 N–H and O–H groups in total. The average Bonchev–Trinajstić information content (AvgIpc) is 2.62. The van der Waals surface area contributed by atoms with Gasteiger partial charge in [-0.1, -0.05) is 13.8 Å². The van der Waals surface area contributed by atoms with E-state index in [0.29, 0.717) is 5.41 Å². The molecule has 3 nitrogen and oxygen atoms in total. The molecule has 0 aromatic heterocycles. The maximum absolute atomic E-state index is 13.0. The summed E-state index contributed by atoms with van der Waals surface area (Å²) in [6.45, 7) is 4.07. The topological polar surface area (TPSA) is 41.1 Å². The van der Waals surface area contributed by atoms with Gasteiger partial charge in [-0.25, -0.2) is 8.78 Å². The third kappa shape index (κ3) is 4.56. The van der Waals surface area contributed by atoms with Crippen LogP contribution in [0.4, 0.5) is 8.78 Å². The first kappa shape index (κ1) is 16.6. The Labute approximate surface area is 119 Å². The van der Waals surface area contributed by atoms with Crippen molar-refractivity contribution in [2.24, 2.45) is 5.41 Å². The van der Waals surface area contributed by atoms with Crippen molar-refractivity contribution in [3.05, 3.63) is 0 Å². The number of rotatable bonds is 2. The van der Waals surface area contributed by atoms with Gasteiger partial charge in [0.1, 0.15) is 0 Å². The van der Waals surface area contributed by atoms with Crippen LogP contribution in [-0.2, 0) is 4.79 Å². The van der Waals surface area contributed by atoms with Gasteiger partial charge in [-0.2, -0.15) is 0 Å². The van der Waals surface area contributed by atoms with Crippen molar-refractivity contribution in [3.63, 3.8) is 0 Å². The van der Waals surface area contributed by atoms with E-state index in [9.17, 15) is 13.6 Å². The Kier molecular flexibility index (Phi) is 5.18. The minimum atomic E-state index is -2.74. The van der Waals surface area contributed by atoms with Crippen molar-refractivity contribution in [2.45, 2.75) is 64.0 Å². The van der Waals surface area contributed by atoms with Crippen LogP contribution < -0.4 is 10.6 Å². The number of nitrogens with one attached hydrogen (secondary N) is 2. The molecule has 1 aliphatic carbocycles. The second-order valence-corrected chi connectivity index (χ2v) is 6.44. The zero-order valence-corrected chi connectivity index (χ0v) is 12.3. The van der Waals surface area contributed by atoms with Crippen molar-refractivity contribution in [1.82, 2.24) is 10.6 Å². The van der Waals surface area contributed by atoms with Crippen molar-refractivity contribution in [1.29, 1.82) is 0 Å². The molecule has 2 fully saturated rings. The summed E-state index contributed by atoms with van der Waals surface area (Å²) in [5.74, 6) is -3.01. The van der Waals surface area contributed by atoms with Crippen LogP contribution >= 0.6 is 12.4 Å². The van der Waals surface area contributed by atoms with Gasteiger partial charge in [0.05, 0.1) is 12.6 Å². The van der Waals surface area contributed by atoms with Crippen LogP contribution in [0.15, 0.2) is 0 Å². The van der Waals surface area contributed by atoms with Crippen LogP contribution in [0.25, 0.3) is 0 Å². The SMILES string of the molecule is CC1(C)CCC(NC(=O)C2CC(F)(F)CN2)CC1.Cl. The van der Waals surface area contributed by atoms with Gasteiger partial charge in [0.25, 0.3) is 5.92 Å². The molecule has 1 aliphatic heterocycles. The quantitative estimate of drug-likeness (QED) is 0.822. The molecule has 0 spiro atoms. The maximum Gasteiger partial charge on any atom is 0.262 e. The van der Waals surface area contributed by atoms with Gasteiger partial charge < -0.3 is 5.32 Å². The fourth-order valence-corrected chi connectivity index (χ4v) is 2.75. The van der Waals surface area contributed by atoms with Gasteiger partial charge >= 0.3 is 0 Å². The third-order valence-electron chi connectivity index (χ3n) is 4.11. The second-order valence-electron chi connectivity index (χ2n) is 6.44. The summed E-state index contributed by atoms with van der Waals surface area (Å²) in [6, 6.07) is -0.573. The van der Waals surface area contributed by atoms with E-state index in [1.165, 1.54) is 0 Å². The van der Waals surface area contributed by atoms with Crippen molar-refractivity contribution in [3.8, 4) is 0 Å². The third-order valence-corrected chi connectivity index (χ3v) is 4.11. The molecule has 1 atom stereocenters. The highest BCUT2D eigenvalue weighted by Gasteiger charge is 2.42. The van der Waals surface area contributed by atoms with Gasteiger partial charge in [-0.3, -0.25) is 10.1 Å². The summed E-state index contributed by atoms with van der Waals surface area (Å²) in [4.78, 5) is 11.9. The number of halogens is 3. The van der Waals surface area contributed by atoms with E-state index in [2.05, 4.69) is 24.5 Å². The standard InChI is InChI=1S/C13H22F2N2O.ClH/c1-12(2)5-3-9(4-6-12)17-11(18)10-7-13(14,15)8-16-10;/h9-10,16H,3-8H2,1-2H3,(H,17,18);1H. The van der Waals surface area contributed by atoms with E-state index < -0.39 is 12.0 Å². The van der Waals surface area contributed by atoms with Crippen molar-refractivity contribution in [2.75, 3.05) is 6.54 Å². The van der Waals surface area contributed by atoms with E-state index >= 15 is 0 Å². The van der Waals surface area contributed by atoms with E-state index in [1.807, 2.05) is 0 Å². The normalized spacial score (nSPS) is 29.6. The highest BCUT2D eigenvalue weighted by molar-refractivity contribution is 5.85. The molecule has 0 bridgehead atoms. The molecule has 1 amide bonds. The first-order valence-corrected chi connectivity index (χ1v) is 6.69. The number of hydrogen-bond donors (Lipinski definition) is 2. The van der Waals surface area contributed by atoms with Crippen LogP contribution in [0, 0.1) is 5.41 Å². The molecule has 0 aromatic carbocycles. The average molecular weight is 297 g/mol. The van der Waals surface area contributed by atoms with Crippen LogP contribution in [0.3, 0.4) is 0 Å². The molecule has 112 valence electrons. The number of alkyl halides is 2. The molecule has 0 aromatic rings. The molecular formula is C13H23ClF2N2O. The number of carbonyl (C=O) groups is 1. The summed E-state index contributed by atoms with van der Waals surface area (Å²) in [7, 11) is 0. The first-order valence-electron chi connectivity index (χ1n) is 6.69.